The molecule has 0 heterocycles. The zero-order valence-corrected chi connectivity index (χ0v) is 18.5. The Labute approximate surface area is 190 Å². The molecule has 0 amide bonds. The van der Waals surface area contributed by atoms with Crippen LogP contribution in [0.5, 0.6) is 11.5 Å². The smallest absolute Gasteiger partial charge is 0.508 e. The molecule has 0 saturated carbocycles. The largest absolute Gasteiger partial charge is 2.00 e. The first-order valence-corrected chi connectivity index (χ1v) is 8.77. The van der Waals surface area contributed by atoms with E-state index in [1.165, 1.54) is 24.3 Å². The van der Waals surface area contributed by atoms with Crippen LogP contribution in [0, 0.1) is 12.2 Å². The zero-order chi connectivity index (χ0) is 20.5. The Hall–Kier alpha value is -2.26. The fraction of sp³-hybridized carbons (Fsp3) is 0.167. The molecule has 29 heavy (non-hydrogen) atoms. The van der Waals surface area contributed by atoms with Crippen molar-refractivity contribution in [2.75, 3.05) is 0 Å². The van der Waals surface area contributed by atoms with Crippen LogP contribution >= 0.6 is 0 Å². The number of phenolic OH excluding ortho intramolecular Hbond substituents is 2. The molecule has 0 aliphatic heterocycles. The van der Waals surface area contributed by atoms with Gasteiger partial charge in [-0.1, -0.05) is 24.3 Å². The first kappa shape index (κ1) is 26.7. The topological polar surface area (TPSA) is 40.5 Å². The van der Waals surface area contributed by atoms with E-state index >= 15 is 0 Å². The van der Waals surface area contributed by atoms with Crippen molar-refractivity contribution in [2.45, 2.75) is 26.2 Å². The first-order chi connectivity index (χ1) is 13.7. The van der Waals surface area contributed by atoms with Crippen LogP contribution in [0.25, 0.3) is 0 Å². The Morgan fingerprint density at radius 2 is 1.14 bits per heavy atom. The Morgan fingerprint density at radius 1 is 0.724 bits per heavy atom. The SMILES string of the molecule is Oc1cccc(CF)c1.Oc1cccc(CF)c1.[C-]1=CC=CC1.[C-]1=CC=CC1.[Zr+2]. The van der Waals surface area contributed by atoms with Gasteiger partial charge in [0.25, 0.3) is 0 Å². The molecule has 5 heteroatoms. The summed E-state index contributed by atoms with van der Waals surface area (Å²) in [5.74, 6) is 0.232. The molecule has 0 saturated heterocycles. The van der Waals surface area contributed by atoms with E-state index in [0.29, 0.717) is 11.1 Å². The van der Waals surface area contributed by atoms with Gasteiger partial charge in [-0.25, -0.2) is 33.1 Å². The fourth-order valence-electron chi connectivity index (χ4n) is 1.96. The van der Waals surface area contributed by atoms with Crippen molar-refractivity contribution in [1.29, 1.82) is 0 Å². The Balaban J connectivity index is 0.000000369. The summed E-state index contributed by atoms with van der Waals surface area (Å²) < 4.78 is 23.6. The molecule has 150 valence electrons. The van der Waals surface area contributed by atoms with Gasteiger partial charge in [-0.05, 0) is 35.4 Å². The summed E-state index contributed by atoms with van der Waals surface area (Å²) in [6, 6.07) is 12.3. The number of allylic oxidation sites excluding steroid dienone is 8. The summed E-state index contributed by atoms with van der Waals surface area (Å²) in [5.41, 5.74) is 1.02. The number of alkyl halides is 2. The van der Waals surface area contributed by atoms with Gasteiger partial charge in [0.1, 0.15) is 24.8 Å². The second kappa shape index (κ2) is 17.8. The third kappa shape index (κ3) is 14.4. The van der Waals surface area contributed by atoms with Crippen LogP contribution in [0.2, 0.25) is 0 Å². The van der Waals surface area contributed by atoms with Crippen molar-refractivity contribution in [3.05, 3.63) is 108 Å². The van der Waals surface area contributed by atoms with Crippen molar-refractivity contribution >= 4 is 0 Å². The Morgan fingerprint density at radius 3 is 1.31 bits per heavy atom. The van der Waals surface area contributed by atoms with Crippen LogP contribution in [-0.4, -0.2) is 10.2 Å². The van der Waals surface area contributed by atoms with Crippen LogP contribution in [0.3, 0.4) is 0 Å². The second-order valence-electron chi connectivity index (χ2n) is 5.61. The van der Waals surface area contributed by atoms with Crippen molar-refractivity contribution in [3.8, 4) is 11.5 Å². The predicted octanol–water partition coefficient (Wildman–Crippen LogP) is 6.33. The van der Waals surface area contributed by atoms with E-state index in [0.717, 1.165) is 12.8 Å². The van der Waals surface area contributed by atoms with E-state index in [-0.39, 0.29) is 37.7 Å². The fourth-order valence-corrected chi connectivity index (χ4v) is 1.96. The van der Waals surface area contributed by atoms with E-state index in [1.54, 1.807) is 24.3 Å². The van der Waals surface area contributed by atoms with Gasteiger partial charge in [0.05, 0.1) is 0 Å². The first-order valence-electron chi connectivity index (χ1n) is 8.77. The van der Waals surface area contributed by atoms with Crippen molar-refractivity contribution in [2.24, 2.45) is 0 Å². The van der Waals surface area contributed by atoms with E-state index in [1.807, 2.05) is 24.3 Å². The number of hydrogen-bond donors (Lipinski definition) is 2. The molecule has 2 N–H and O–H groups in total. The molecule has 0 unspecified atom stereocenters. The van der Waals surface area contributed by atoms with E-state index in [2.05, 4.69) is 24.3 Å². The van der Waals surface area contributed by atoms with Crippen LogP contribution in [-0.2, 0) is 39.6 Å². The molecule has 0 radical (unpaired) electrons. The molecular formula is C24H24F2O2Zr. The van der Waals surface area contributed by atoms with Crippen LogP contribution in [0.1, 0.15) is 24.0 Å². The van der Waals surface area contributed by atoms with E-state index < -0.39 is 13.3 Å². The van der Waals surface area contributed by atoms with E-state index in [9.17, 15) is 8.78 Å². The molecule has 2 nitrogen and oxygen atoms in total. The zero-order valence-electron chi connectivity index (χ0n) is 16.1. The quantitative estimate of drug-likeness (QED) is 0.500. The molecular weight excluding hydrogens is 449 g/mol. The van der Waals surface area contributed by atoms with Gasteiger partial charge in [-0.2, -0.15) is 12.2 Å². The Bertz CT molecular complexity index is 711. The average molecular weight is 474 g/mol. The molecule has 2 aromatic carbocycles. The second-order valence-corrected chi connectivity index (χ2v) is 5.61. The van der Waals surface area contributed by atoms with Gasteiger partial charge in [0.2, 0.25) is 0 Å². The molecule has 2 aliphatic rings. The van der Waals surface area contributed by atoms with Gasteiger partial charge in [0, 0.05) is 0 Å². The molecule has 2 aliphatic carbocycles. The molecule has 4 rings (SSSR count). The van der Waals surface area contributed by atoms with E-state index in [4.69, 9.17) is 10.2 Å². The minimum absolute atomic E-state index is 0. The number of phenols is 2. The molecule has 0 spiro atoms. The molecule has 0 aromatic heterocycles. The molecule has 2 aromatic rings. The monoisotopic (exact) mass is 472 g/mol. The number of hydrogen-bond acceptors (Lipinski definition) is 2. The minimum atomic E-state index is -0.519. The summed E-state index contributed by atoms with van der Waals surface area (Å²) >= 11 is 0. The number of aromatic hydroxyl groups is 2. The average Bonchev–Trinajstić information content (AvgIpc) is 3.47. The van der Waals surface area contributed by atoms with Crippen LogP contribution in [0.15, 0.2) is 85.0 Å². The summed E-state index contributed by atoms with van der Waals surface area (Å²) in [4.78, 5) is 0. The van der Waals surface area contributed by atoms with Gasteiger partial charge in [-0.3, -0.25) is 12.2 Å². The normalized spacial score (nSPS) is 11.9. The third-order valence-electron chi connectivity index (χ3n) is 3.30. The number of halogens is 2. The summed E-state index contributed by atoms with van der Waals surface area (Å²) in [5, 5.41) is 17.6. The summed E-state index contributed by atoms with van der Waals surface area (Å²) in [6.45, 7) is -1.04. The molecule has 0 fully saturated rings. The number of rotatable bonds is 2. The maximum atomic E-state index is 11.8. The van der Waals surface area contributed by atoms with Gasteiger partial charge in [-0.15, -0.1) is 12.8 Å². The maximum absolute atomic E-state index is 11.8. The van der Waals surface area contributed by atoms with Crippen molar-refractivity contribution in [1.82, 2.24) is 0 Å². The number of benzene rings is 2. The van der Waals surface area contributed by atoms with Crippen LogP contribution in [0.4, 0.5) is 8.78 Å². The van der Waals surface area contributed by atoms with Gasteiger partial charge >= 0.3 is 26.2 Å². The van der Waals surface area contributed by atoms with Crippen molar-refractivity contribution in [3.63, 3.8) is 0 Å². The van der Waals surface area contributed by atoms with Crippen molar-refractivity contribution < 1.29 is 45.2 Å². The Kier molecular flexibility index (Phi) is 16.4. The summed E-state index contributed by atoms with van der Waals surface area (Å²) in [6.07, 6.45) is 20.0. The van der Waals surface area contributed by atoms with Crippen LogP contribution < -0.4 is 0 Å². The summed E-state index contributed by atoms with van der Waals surface area (Å²) in [7, 11) is 0. The predicted molar refractivity (Wildman–Crippen MR) is 109 cm³/mol. The minimum Gasteiger partial charge on any atom is -0.508 e. The molecule has 0 atom stereocenters. The van der Waals surface area contributed by atoms with Gasteiger partial charge in [0.15, 0.2) is 0 Å². The molecule has 0 bridgehead atoms. The standard InChI is InChI=1S/2C7H7FO.2C5H5.Zr/c2*8-5-6-2-1-3-7(9)4-6;2*1-2-4-5-3-1;/h2*1-4,9H,5H2;2*1-3H,4H2;/q;;2*-1;+2. The maximum Gasteiger partial charge on any atom is 2.00 e. The van der Waals surface area contributed by atoms with Gasteiger partial charge < -0.3 is 10.2 Å². The third-order valence-corrected chi connectivity index (χ3v) is 3.30.